The third-order valence-electron chi connectivity index (χ3n) is 4.00. The van der Waals surface area contributed by atoms with Crippen LogP contribution in [0.5, 0.6) is 0 Å². The Hall–Kier alpha value is -1.93. The summed E-state index contributed by atoms with van der Waals surface area (Å²) >= 11 is 1.46. The molecule has 0 saturated heterocycles. The Morgan fingerprint density at radius 3 is 3.00 bits per heavy atom. The monoisotopic (exact) mass is 347 g/mol. The van der Waals surface area contributed by atoms with E-state index < -0.39 is 0 Å². The van der Waals surface area contributed by atoms with Crippen LogP contribution >= 0.6 is 11.8 Å². The number of carbonyl (C=O) groups excluding carboxylic acids is 1. The molecule has 0 aliphatic heterocycles. The van der Waals surface area contributed by atoms with E-state index in [-0.39, 0.29) is 18.6 Å². The van der Waals surface area contributed by atoms with Crippen LogP contribution in [0.4, 0.5) is 5.69 Å². The highest BCUT2D eigenvalue weighted by atomic mass is 32.2. The van der Waals surface area contributed by atoms with E-state index in [4.69, 9.17) is 4.74 Å². The minimum atomic E-state index is -0.139. The second-order valence-electron chi connectivity index (χ2n) is 5.75. The molecule has 1 aromatic carbocycles. The molecule has 1 N–H and O–H groups in total. The highest BCUT2D eigenvalue weighted by Crippen LogP contribution is 2.21. The number of hydrogen-bond donors (Lipinski definition) is 1. The van der Waals surface area contributed by atoms with Gasteiger partial charge in [-0.05, 0) is 47.7 Å². The van der Waals surface area contributed by atoms with Crippen LogP contribution in [0.2, 0.25) is 0 Å². The molecule has 24 heavy (non-hydrogen) atoms. The van der Waals surface area contributed by atoms with E-state index in [2.05, 4.69) is 20.8 Å². The van der Waals surface area contributed by atoms with Crippen molar-refractivity contribution in [2.24, 2.45) is 0 Å². The van der Waals surface area contributed by atoms with E-state index in [1.807, 2.05) is 30.5 Å². The highest BCUT2D eigenvalue weighted by molar-refractivity contribution is 7.98. The van der Waals surface area contributed by atoms with Gasteiger partial charge in [0.15, 0.2) is 0 Å². The van der Waals surface area contributed by atoms with Crippen molar-refractivity contribution in [3.63, 3.8) is 0 Å². The van der Waals surface area contributed by atoms with Gasteiger partial charge < -0.3 is 10.1 Å². The van der Waals surface area contributed by atoms with Gasteiger partial charge in [-0.1, -0.05) is 37.1 Å². The minimum absolute atomic E-state index is 0.0931. The lowest BCUT2D eigenvalue weighted by molar-refractivity contribution is -0.123. The van der Waals surface area contributed by atoms with Gasteiger partial charge in [-0.15, -0.1) is 5.10 Å². The van der Waals surface area contributed by atoms with Crippen molar-refractivity contribution in [1.29, 1.82) is 0 Å². The molecule has 7 nitrogen and oxygen atoms in total. The van der Waals surface area contributed by atoms with Crippen LogP contribution in [0.15, 0.2) is 29.4 Å². The fourth-order valence-corrected chi connectivity index (χ4v) is 3.24. The maximum absolute atomic E-state index is 12.1. The Bertz CT molecular complexity index is 685. The fourth-order valence-electron chi connectivity index (χ4n) is 2.81. The van der Waals surface area contributed by atoms with Crippen LogP contribution in [0.1, 0.15) is 32.1 Å². The van der Waals surface area contributed by atoms with Crippen LogP contribution < -0.4 is 5.32 Å². The fraction of sp³-hybridized carbons (Fsp3) is 0.500. The number of nitrogens with one attached hydrogen (secondary N) is 1. The summed E-state index contributed by atoms with van der Waals surface area (Å²) < 4.78 is 7.34. The average molecular weight is 347 g/mol. The van der Waals surface area contributed by atoms with E-state index in [0.717, 1.165) is 18.5 Å². The first-order chi connectivity index (χ1) is 11.8. The van der Waals surface area contributed by atoms with Gasteiger partial charge in [0, 0.05) is 5.69 Å². The van der Waals surface area contributed by atoms with Gasteiger partial charge in [0.2, 0.25) is 11.1 Å². The predicted octanol–water partition coefficient (Wildman–Crippen LogP) is 2.67. The molecule has 1 aliphatic rings. The summed E-state index contributed by atoms with van der Waals surface area (Å²) in [5.74, 6) is -0.139. The zero-order valence-corrected chi connectivity index (χ0v) is 14.5. The molecule has 1 amide bonds. The molecule has 0 atom stereocenters. The Balaban J connectivity index is 1.59. The number of nitrogens with zero attached hydrogens (tertiary/aromatic N) is 4. The first-order valence-corrected chi connectivity index (χ1v) is 9.33. The Morgan fingerprint density at radius 1 is 1.38 bits per heavy atom. The molecular formula is C16H21N5O2S. The molecule has 1 heterocycles. The number of benzene rings is 1. The first kappa shape index (κ1) is 16.9. The molecule has 1 aliphatic carbocycles. The lowest BCUT2D eigenvalue weighted by Crippen LogP contribution is -2.24. The van der Waals surface area contributed by atoms with Crippen LogP contribution in [0, 0.1) is 0 Å². The summed E-state index contributed by atoms with van der Waals surface area (Å²) in [6.45, 7) is 0.0931. The SMILES string of the molecule is CSc1nnnn1-c1cccc(NC(=O)COC2CCCCC2)c1. The Kier molecular flexibility index (Phi) is 5.81. The molecule has 0 radical (unpaired) electrons. The number of ether oxygens (including phenoxy) is 1. The third kappa shape index (κ3) is 4.33. The van der Waals surface area contributed by atoms with Crippen LogP contribution in [-0.4, -0.2) is 45.1 Å². The van der Waals surface area contributed by atoms with Crippen molar-refractivity contribution >= 4 is 23.4 Å². The summed E-state index contributed by atoms with van der Waals surface area (Å²) in [5, 5.41) is 15.2. The number of rotatable bonds is 6. The smallest absolute Gasteiger partial charge is 0.250 e. The van der Waals surface area contributed by atoms with Gasteiger partial charge in [0.1, 0.15) is 6.61 Å². The summed E-state index contributed by atoms with van der Waals surface area (Å²) in [4.78, 5) is 12.1. The number of tetrazole rings is 1. The van der Waals surface area contributed by atoms with Crippen molar-refractivity contribution in [3.8, 4) is 5.69 Å². The van der Waals surface area contributed by atoms with Gasteiger partial charge in [0.25, 0.3) is 0 Å². The second kappa shape index (κ2) is 8.25. The van der Waals surface area contributed by atoms with Gasteiger partial charge in [-0.2, -0.15) is 4.68 Å². The highest BCUT2D eigenvalue weighted by Gasteiger charge is 2.15. The largest absolute Gasteiger partial charge is 0.368 e. The number of amides is 1. The summed E-state index contributed by atoms with van der Waals surface area (Å²) in [5.41, 5.74) is 1.50. The minimum Gasteiger partial charge on any atom is -0.368 e. The van der Waals surface area contributed by atoms with Crippen molar-refractivity contribution in [2.75, 3.05) is 18.2 Å². The molecule has 2 aromatic rings. The standard InChI is InChI=1S/C16H21N5O2S/c1-24-16-18-19-20-21(16)13-7-5-6-12(10-13)17-15(22)11-23-14-8-3-2-4-9-14/h5-7,10,14H,2-4,8-9,11H2,1H3,(H,17,22). The van der Waals surface area contributed by atoms with Crippen LogP contribution in [0.25, 0.3) is 5.69 Å². The molecule has 1 saturated carbocycles. The number of carbonyl (C=O) groups is 1. The van der Waals surface area contributed by atoms with Crippen molar-refractivity contribution in [1.82, 2.24) is 20.2 Å². The van der Waals surface area contributed by atoms with E-state index in [1.165, 1.54) is 31.0 Å². The Labute approximate surface area is 145 Å². The molecule has 0 bridgehead atoms. The van der Waals surface area contributed by atoms with Gasteiger partial charge in [-0.3, -0.25) is 4.79 Å². The summed E-state index contributed by atoms with van der Waals surface area (Å²) in [6, 6.07) is 7.43. The third-order valence-corrected chi connectivity index (χ3v) is 4.62. The average Bonchev–Trinajstić information content (AvgIpc) is 3.10. The van der Waals surface area contributed by atoms with Crippen molar-refractivity contribution in [3.05, 3.63) is 24.3 Å². The van der Waals surface area contributed by atoms with E-state index in [0.29, 0.717) is 10.8 Å². The summed E-state index contributed by atoms with van der Waals surface area (Å²) in [7, 11) is 0. The topological polar surface area (TPSA) is 81.9 Å². The normalized spacial score (nSPS) is 15.4. The summed E-state index contributed by atoms with van der Waals surface area (Å²) in [6.07, 6.45) is 7.90. The van der Waals surface area contributed by atoms with Crippen molar-refractivity contribution in [2.45, 2.75) is 43.4 Å². The van der Waals surface area contributed by atoms with E-state index >= 15 is 0 Å². The van der Waals surface area contributed by atoms with E-state index in [1.54, 1.807) is 4.68 Å². The lowest BCUT2D eigenvalue weighted by atomic mass is 9.98. The zero-order valence-electron chi connectivity index (χ0n) is 13.6. The number of anilines is 1. The molecule has 3 rings (SSSR count). The second-order valence-corrected chi connectivity index (χ2v) is 6.52. The molecular weight excluding hydrogens is 326 g/mol. The van der Waals surface area contributed by atoms with Gasteiger partial charge >= 0.3 is 0 Å². The molecule has 8 heteroatoms. The van der Waals surface area contributed by atoms with Crippen LogP contribution in [-0.2, 0) is 9.53 Å². The molecule has 0 unspecified atom stereocenters. The lowest BCUT2D eigenvalue weighted by Gasteiger charge is -2.21. The maximum Gasteiger partial charge on any atom is 0.250 e. The number of thioether (sulfide) groups is 1. The quantitative estimate of drug-likeness (QED) is 0.809. The number of aromatic nitrogens is 4. The predicted molar refractivity (Wildman–Crippen MR) is 92.4 cm³/mol. The van der Waals surface area contributed by atoms with Crippen molar-refractivity contribution < 1.29 is 9.53 Å². The first-order valence-electron chi connectivity index (χ1n) is 8.10. The van der Waals surface area contributed by atoms with Gasteiger partial charge in [-0.25, -0.2) is 0 Å². The zero-order chi connectivity index (χ0) is 16.8. The number of hydrogen-bond acceptors (Lipinski definition) is 6. The van der Waals surface area contributed by atoms with Gasteiger partial charge in [0.05, 0.1) is 11.8 Å². The van der Waals surface area contributed by atoms with Crippen LogP contribution in [0.3, 0.4) is 0 Å². The van der Waals surface area contributed by atoms with E-state index in [9.17, 15) is 4.79 Å². The molecule has 1 fully saturated rings. The molecule has 0 spiro atoms. The molecule has 1 aromatic heterocycles. The molecule has 128 valence electrons. The maximum atomic E-state index is 12.1. The Morgan fingerprint density at radius 2 is 2.21 bits per heavy atom.